The zero-order valence-electron chi connectivity index (χ0n) is 7.22. The Bertz CT molecular complexity index is 249. The fourth-order valence-electron chi connectivity index (χ4n) is 1.97. The second-order valence-electron chi connectivity index (χ2n) is 3.72. The normalized spacial score (nSPS) is 30.0. The molecule has 0 aromatic carbocycles. The molecular weight excluding hydrogens is 134 g/mol. The molecule has 0 saturated heterocycles. The van der Waals surface area contributed by atoms with E-state index in [0.29, 0.717) is 0 Å². The van der Waals surface area contributed by atoms with Crippen LogP contribution in [0, 0.1) is 5.92 Å². The number of aryl methyl sites for hydroxylation is 1. The maximum absolute atomic E-state index is 3.34. The summed E-state index contributed by atoms with van der Waals surface area (Å²) in [4.78, 5) is 3.34. The Morgan fingerprint density at radius 3 is 3.09 bits per heavy atom. The van der Waals surface area contributed by atoms with Crippen LogP contribution in [0.15, 0.2) is 12.3 Å². The molecule has 1 aromatic rings. The fraction of sp³-hybridized carbons (Fsp3) is 0.600. The standard InChI is InChI=1S/C10H15N/c1-7-3-4-9-5-6-11-10(9)8(7)2/h5-8,11H,3-4H2,1-2H3. The second kappa shape index (κ2) is 2.40. The third-order valence-corrected chi connectivity index (χ3v) is 3.05. The molecule has 0 bridgehead atoms. The summed E-state index contributed by atoms with van der Waals surface area (Å²) < 4.78 is 0. The molecule has 0 saturated carbocycles. The van der Waals surface area contributed by atoms with Crippen molar-refractivity contribution in [2.45, 2.75) is 32.6 Å². The molecule has 1 heterocycles. The Morgan fingerprint density at radius 2 is 2.27 bits per heavy atom. The molecule has 0 fully saturated rings. The monoisotopic (exact) mass is 149 g/mol. The SMILES string of the molecule is CC1CCc2cc[nH]c2C1C. The number of rotatable bonds is 0. The van der Waals surface area contributed by atoms with E-state index in [2.05, 4.69) is 31.1 Å². The summed E-state index contributed by atoms with van der Waals surface area (Å²) in [5.41, 5.74) is 3.01. The van der Waals surface area contributed by atoms with Crippen molar-refractivity contribution in [1.82, 2.24) is 4.98 Å². The molecule has 0 radical (unpaired) electrons. The molecule has 0 aliphatic heterocycles. The third kappa shape index (κ3) is 0.991. The highest BCUT2D eigenvalue weighted by Crippen LogP contribution is 2.34. The topological polar surface area (TPSA) is 15.8 Å². The lowest BCUT2D eigenvalue weighted by Gasteiger charge is -2.25. The van der Waals surface area contributed by atoms with Crippen molar-refractivity contribution in [1.29, 1.82) is 0 Å². The van der Waals surface area contributed by atoms with Gasteiger partial charge in [0.2, 0.25) is 0 Å². The summed E-state index contributed by atoms with van der Waals surface area (Å²) >= 11 is 0. The van der Waals surface area contributed by atoms with Crippen LogP contribution >= 0.6 is 0 Å². The largest absolute Gasteiger partial charge is 0.365 e. The highest BCUT2D eigenvalue weighted by molar-refractivity contribution is 5.26. The van der Waals surface area contributed by atoms with Gasteiger partial charge in [-0.05, 0) is 36.3 Å². The quantitative estimate of drug-likeness (QED) is 0.583. The van der Waals surface area contributed by atoms with E-state index >= 15 is 0 Å². The van der Waals surface area contributed by atoms with E-state index in [0.717, 1.165) is 11.8 Å². The van der Waals surface area contributed by atoms with Crippen molar-refractivity contribution in [2.75, 3.05) is 0 Å². The molecule has 60 valence electrons. The van der Waals surface area contributed by atoms with E-state index in [-0.39, 0.29) is 0 Å². The molecule has 2 atom stereocenters. The van der Waals surface area contributed by atoms with Gasteiger partial charge >= 0.3 is 0 Å². The van der Waals surface area contributed by atoms with Gasteiger partial charge in [0.1, 0.15) is 0 Å². The van der Waals surface area contributed by atoms with Gasteiger partial charge in [0.15, 0.2) is 0 Å². The summed E-state index contributed by atoms with van der Waals surface area (Å²) in [6.45, 7) is 4.66. The van der Waals surface area contributed by atoms with Crippen molar-refractivity contribution in [3.8, 4) is 0 Å². The number of aromatic amines is 1. The van der Waals surface area contributed by atoms with E-state index in [9.17, 15) is 0 Å². The maximum atomic E-state index is 3.34. The summed E-state index contributed by atoms with van der Waals surface area (Å²) in [5, 5.41) is 0. The lowest BCUT2D eigenvalue weighted by atomic mass is 9.81. The number of fused-ring (bicyclic) bond motifs is 1. The predicted octanol–water partition coefficient (Wildman–Crippen LogP) is 2.70. The number of hydrogen-bond donors (Lipinski definition) is 1. The first-order valence-corrected chi connectivity index (χ1v) is 4.45. The number of H-pyrrole nitrogens is 1. The first-order valence-electron chi connectivity index (χ1n) is 4.45. The molecule has 1 aliphatic carbocycles. The van der Waals surface area contributed by atoms with Gasteiger partial charge in [-0.3, -0.25) is 0 Å². The van der Waals surface area contributed by atoms with Gasteiger partial charge in [0, 0.05) is 11.9 Å². The average molecular weight is 149 g/mol. The second-order valence-corrected chi connectivity index (χ2v) is 3.72. The highest BCUT2D eigenvalue weighted by atomic mass is 14.7. The van der Waals surface area contributed by atoms with E-state index in [4.69, 9.17) is 0 Å². The van der Waals surface area contributed by atoms with Crippen LogP contribution in [0.3, 0.4) is 0 Å². The Kier molecular flexibility index (Phi) is 1.52. The van der Waals surface area contributed by atoms with Crippen LogP contribution in [-0.4, -0.2) is 4.98 Å². The molecule has 2 unspecified atom stereocenters. The Balaban J connectivity index is 2.38. The zero-order chi connectivity index (χ0) is 7.84. The van der Waals surface area contributed by atoms with Crippen LogP contribution in [-0.2, 0) is 6.42 Å². The molecule has 1 N–H and O–H groups in total. The van der Waals surface area contributed by atoms with Crippen LogP contribution in [0.25, 0.3) is 0 Å². The first-order chi connectivity index (χ1) is 5.29. The Hall–Kier alpha value is -0.720. The van der Waals surface area contributed by atoms with Crippen molar-refractivity contribution in [3.05, 3.63) is 23.5 Å². The summed E-state index contributed by atoms with van der Waals surface area (Å²) in [5.74, 6) is 1.58. The van der Waals surface area contributed by atoms with Gasteiger partial charge in [-0.25, -0.2) is 0 Å². The smallest absolute Gasteiger partial charge is 0.0211 e. The van der Waals surface area contributed by atoms with Crippen molar-refractivity contribution < 1.29 is 0 Å². The first kappa shape index (κ1) is 6.96. The molecule has 1 nitrogen and oxygen atoms in total. The minimum Gasteiger partial charge on any atom is -0.365 e. The molecule has 0 spiro atoms. The van der Waals surface area contributed by atoms with E-state index in [1.54, 1.807) is 0 Å². The van der Waals surface area contributed by atoms with E-state index in [1.165, 1.54) is 24.1 Å². The van der Waals surface area contributed by atoms with Crippen LogP contribution in [0.2, 0.25) is 0 Å². The van der Waals surface area contributed by atoms with Gasteiger partial charge in [-0.15, -0.1) is 0 Å². The van der Waals surface area contributed by atoms with Crippen molar-refractivity contribution in [3.63, 3.8) is 0 Å². The summed E-state index contributed by atoms with van der Waals surface area (Å²) in [6.07, 6.45) is 4.69. The lowest BCUT2D eigenvalue weighted by molar-refractivity contribution is 0.420. The molecule has 11 heavy (non-hydrogen) atoms. The van der Waals surface area contributed by atoms with Gasteiger partial charge in [0.05, 0.1) is 0 Å². The average Bonchev–Trinajstić information content (AvgIpc) is 2.45. The number of nitrogens with one attached hydrogen (secondary N) is 1. The van der Waals surface area contributed by atoms with Crippen molar-refractivity contribution >= 4 is 0 Å². The van der Waals surface area contributed by atoms with E-state index < -0.39 is 0 Å². The lowest BCUT2D eigenvalue weighted by Crippen LogP contribution is -2.14. The zero-order valence-corrected chi connectivity index (χ0v) is 7.22. The molecule has 1 aromatic heterocycles. The van der Waals surface area contributed by atoms with Crippen LogP contribution in [0.1, 0.15) is 37.4 Å². The summed E-state index contributed by atoms with van der Waals surface area (Å²) in [6, 6.07) is 2.22. The van der Waals surface area contributed by atoms with Crippen LogP contribution in [0.5, 0.6) is 0 Å². The molecule has 1 heteroatoms. The van der Waals surface area contributed by atoms with Gasteiger partial charge in [0.25, 0.3) is 0 Å². The van der Waals surface area contributed by atoms with Crippen molar-refractivity contribution in [2.24, 2.45) is 5.92 Å². The minimum atomic E-state index is 0.730. The Labute approximate surface area is 67.8 Å². The highest BCUT2D eigenvalue weighted by Gasteiger charge is 2.22. The number of aromatic nitrogens is 1. The molecule has 1 aliphatic rings. The minimum absolute atomic E-state index is 0.730. The predicted molar refractivity (Wildman–Crippen MR) is 46.7 cm³/mol. The van der Waals surface area contributed by atoms with Crippen LogP contribution in [0.4, 0.5) is 0 Å². The fourth-order valence-corrected chi connectivity index (χ4v) is 1.97. The van der Waals surface area contributed by atoms with Gasteiger partial charge < -0.3 is 4.98 Å². The third-order valence-electron chi connectivity index (χ3n) is 3.05. The summed E-state index contributed by atoms with van der Waals surface area (Å²) in [7, 11) is 0. The van der Waals surface area contributed by atoms with Crippen LogP contribution < -0.4 is 0 Å². The molecular formula is C10H15N. The van der Waals surface area contributed by atoms with E-state index in [1.807, 2.05) is 0 Å². The molecule has 0 amide bonds. The molecule has 2 rings (SSSR count). The van der Waals surface area contributed by atoms with Gasteiger partial charge in [-0.1, -0.05) is 13.8 Å². The Morgan fingerprint density at radius 1 is 1.45 bits per heavy atom. The number of hydrogen-bond acceptors (Lipinski definition) is 0. The van der Waals surface area contributed by atoms with Gasteiger partial charge in [-0.2, -0.15) is 0 Å². The maximum Gasteiger partial charge on any atom is 0.0211 e.